The van der Waals surface area contributed by atoms with Gasteiger partial charge in [-0.25, -0.2) is 0 Å². The van der Waals surface area contributed by atoms with E-state index in [9.17, 15) is 4.79 Å². The Morgan fingerprint density at radius 1 is 1.36 bits per heavy atom. The van der Waals surface area contributed by atoms with Gasteiger partial charge in [0.05, 0.1) is 0 Å². The number of amides is 1. The van der Waals surface area contributed by atoms with Crippen molar-refractivity contribution in [1.29, 1.82) is 0 Å². The molecule has 0 aromatic heterocycles. The van der Waals surface area contributed by atoms with Gasteiger partial charge >= 0.3 is 0 Å². The Bertz CT molecular complexity index is 169. The van der Waals surface area contributed by atoms with E-state index in [0.717, 1.165) is 25.3 Å². The zero-order chi connectivity index (χ0) is 10.2. The van der Waals surface area contributed by atoms with E-state index in [-0.39, 0.29) is 5.91 Å². The maximum absolute atomic E-state index is 11.3. The summed E-state index contributed by atoms with van der Waals surface area (Å²) in [6, 6.07) is 0. The molecule has 0 spiro atoms. The predicted molar refractivity (Wildman–Crippen MR) is 59.5 cm³/mol. The van der Waals surface area contributed by atoms with Crippen molar-refractivity contribution in [1.82, 2.24) is 5.32 Å². The number of unbranched alkanes of at least 4 members (excludes halogenated alkanes) is 1. The molecule has 1 amide bonds. The maximum atomic E-state index is 11.3. The largest absolute Gasteiger partial charge is 0.356 e. The van der Waals surface area contributed by atoms with Gasteiger partial charge < -0.3 is 5.32 Å². The average Bonchev–Trinajstić information content (AvgIpc) is 2.10. The van der Waals surface area contributed by atoms with Crippen LogP contribution in [0.3, 0.4) is 0 Å². The summed E-state index contributed by atoms with van der Waals surface area (Å²) < 4.78 is 0. The van der Waals surface area contributed by atoms with Gasteiger partial charge in [0.1, 0.15) is 0 Å². The molecular weight excluding hydrogens is 198 g/mol. The van der Waals surface area contributed by atoms with Gasteiger partial charge in [0.25, 0.3) is 0 Å². The van der Waals surface area contributed by atoms with Crippen LogP contribution in [-0.2, 0) is 4.79 Å². The molecular formula is C11H20ClNO. The van der Waals surface area contributed by atoms with Crippen LogP contribution >= 0.6 is 11.6 Å². The van der Waals surface area contributed by atoms with Crippen LogP contribution in [0.1, 0.15) is 44.9 Å². The van der Waals surface area contributed by atoms with Crippen LogP contribution < -0.4 is 5.32 Å². The normalized spacial score (nSPS) is 16.4. The summed E-state index contributed by atoms with van der Waals surface area (Å²) in [7, 11) is 0. The third kappa shape index (κ3) is 4.85. The highest BCUT2D eigenvalue weighted by Crippen LogP contribution is 2.28. The molecule has 0 saturated heterocycles. The van der Waals surface area contributed by atoms with Crippen molar-refractivity contribution in [2.24, 2.45) is 5.92 Å². The summed E-state index contributed by atoms with van der Waals surface area (Å²) in [4.78, 5) is 11.3. The van der Waals surface area contributed by atoms with Crippen LogP contribution in [0.25, 0.3) is 0 Å². The molecule has 0 atom stereocenters. The lowest BCUT2D eigenvalue weighted by molar-refractivity contribution is -0.121. The first-order chi connectivity index (χ1) is 6.83. The van der Waals surface area contributed by atoms with E-state index in [4.69, 9.17) is 11.6 Å². The summed E-state index contributed by atoms with van der Waals surface area (Å²) >= 11 is 5.53. The van der Waals surface area contributed by atoms with Crippen LogP contribution in [-0.4, -0.2) is 18.3 Å². The third-order valence-electron chi connectivity index (χ3n) is 2.89. The first-order valence-electron chi connectivity index (χ1n) is 5.65. The van der Waals surface area contributed by atoms with E-state index < -0.39 is 0 Å². The molecule has 1 saturated carbocycles. The van der Waals surface area contributed by atoms with Gasteiger partial charge in [-0.3, -0.25) is 4.79 Å². The first kappa shape index (κ1) is 11.8. The smallest absolute Gasteiger partial charge is 0.219 e. The molecule has 1 rings (SSSR count). The lowest BCUT2D eigenvalue weighted by Gasteiger charge is -2.25. The second-order valence-corrected chi connectivity index (χ2v) is 4.46. The minimum Gasteiger partial charge on any atom is -0.356 e. The summed E-state index contributed by atoms with van der Waals surface area (Å²) in [5.41, 5.74) is 0. The summed E-state index contributed by atoms with van der Waals surface area (Å²) in [5.74, 6) is 1.74. The van der Waals surface area contributed by atoms with Crippen molar-refractivity contribution >= 4 is 17.5 Å². The molecule has 0 aromatic rings. The van der Waals surface area contributed by atoms with Gasteiger partial charge in [0.2, 0.25) is 5.91 Å². The molecule has 1 fully saturated rings. The number of hydrogen-bond acceptors (Lipinski definition) is 1. The molecule has 1 N–H and O–H groups in total. The van der Waals surface area contributed by atoms with Crippen molar-refractivity contribution in [2.45, 2.75) is 44.9 Å². The topological polar surface area (TPSA) is 29.1 Å². The summed E-state index contributed by atoms with van der Waals surface area (Å²) in [6.07, 6.45) is 7.77. The van der Waals surface area contributed by atoms with Crippen molar-refractivity contribution in [3.63, 3.8) is 0 Å². The molecule has 0 aromatic carbocycles. The minimum absolute atomic E-state index is 0.189. The molecule has 1 aliphatic carbocycles. The molecule has 82 valence electrons. The fourth-order valence-electron chi connectivity index (χ4n) is 1.67. The molecule has 0 bridgehead atoms. The zero-order valence-electron chi connectivity index (χ0n) is 8.73. The van der Waals surface area contributed by atoms with Crippen LogP contribution in [0.5, 0.6) is 0 Å². The van der Waals surface area contributed by atoms with E-state index in [1.807, 2.05) is 0 Å². The van der Waals surface area contributed by atoms with E-state index in [0.29, 0.717) is 12.3 Å². The van der Waals surface area contributed by atoms with E-state index >= 15 is 0 Å². The lowest BCUT2D eigenvalue weighted by Crippen LogP contribution is -2.27. The van der Waals surface area contributed by atoms with Gasteiger partial charge in [-0.05, 0) is 25.2 Å². The Morgan fingerprint density at radius 2 is 2.14 bits per heavy atom. The second-order valence-electron chi connectivity index (χ2n) is 4.08. The van der Waals surface area contributed by atoms with Gasteiger partial charge in [-0.2, -0.15) is 0 Å². The Balaban J connectivity index is 1.86. The monoisotopic (exact) mass is 217 g/mol. The van der Waals surface area contributed by atoms with Crippen molar-refractivity contribution in [3.8, 4) is 0 Å². The Kier molecular flexibility index (Phi) is 6.00. The van der Waals surface area contributed by atoms with E-state index in [1.165, 1.54) is 25.7 Å². The van der Waals surface area contributed by atoms with E-state index in [1.54, 1.807) is 0 Å². The molecule has 0 radical (unpaired) electrons. The zero-order valence-corrected chi connectivity index (χ0v) is 9.48. The number of carbonyl (C=O) groups is 1. The molecule has 0 unspecified atom stereocenters. The van der Waals surface area contributed by atoms with Crippen LogP contribution in [0, 0.1) is 5.92 Å². The predicted octanol–water partition coefficient (Wildman–Crippen LogP) is 2.70. The molecule has 3 heteroatoms. The summed E-state index contributed by atoms with van der Waals surface area (Å²) in [5, 5.41) is 2.96. The van der Waals surface area contributed by atoms with Crippen molar-refractivity contribution in [2.75, 3.05) is 12.4 Å². The highest BCUT2D eigenvalue weighted by atomic mass is 35.5. The minimum atomic E-state index is 0.189. The van der Waals surface area contributed by atoms with Crippen molar-refractivity contribution < 1.29 is 4.79 Å². The number of carbonyl (C=O) groups excluding carboxylic acids is 1. The first-order valence-corrected chi connectivity index (χ1v) is 6.19. The Morgan fingerprint density at radius 3 is 2.71 bits per heavy atom. The highest BCUT2D eigenvalue weighted by Gasteiger charge is 2.16. The van der Waals surface area contributed by atoms with Crippen LogP contribution in [0.2, 0.25) is 0 Å². The Labute approximate surface area is 91.4 Å². The lowest BCUT2D eigenvalue weighted by atomic mass is 9.83. The molecule has 0 heterocycles. The van der Waals surface area contributed by atoms with Gasteiger partial charge in [0.15, 0.2) is 0 Å². The SMILES string of the molecule is O=C(CCCCCl)NCCC1CCC1. The molecule has 0 aliphatic heterocycles. The Hall–Kier alpha value is -0.240. The standard InChI is InChI=1S/C11H20ClNO/c12-8-2-1-6-11(14)13-9-7-10-4-3-5-10/h10H,1-9H2,(H,13,14). The van der Waals surface area contributed by atoms with Crippen molar-refractivity contribution in [3.05, 3.63) is 0 Å². The van der Waals surface area contributed by atoms with Gasteiger partial charge in [-0.1, -0.05) is 19.3 Å². The molecule has 1 aliphatic rings. The fraction of sp³-hybridized carbons (Fsp3) is 0.909. The molecule has 2 nitrogen and oxygen atoms in total. The van der Waals surface area contributed by atoms with Crippen LogP contribution in [0.15, 0.2) is 0 Å². The number of halogens is 1. The van der Waals surface area contributed by atoms with E-state index in [2.05, 4.69) is 5.32 Å². The number of hydrogen-bond donors (Lipinski definition) is 1. The van der Waals surface area contributed by atoms with Gasteiger partial charge in [-0.15, -0.1) is 11.6 Å². The van der Waals surface area contributed by atoms with Gasteiger partial charge in [0, 0.05) is 18.8 Å². The average molecular weight is 218 g/mol. The maximum Gasteiger partial charge on any atom is 0.219 e. The fourth-order valence-corrected chi connectivity index (χ4v) is 1.85. The highest BCUT2D eigenvalue weighted by molar-refractivity contribution is 6.17. The summed E-state index contributed by atoms with van der Waals surface area (Å²) in [6.45, 7) is 0.865. The third-order valence-corrected chi connectivity index (χ3v) is 3.15. The molecule has 14 heavy (non-hydrogen) atoms. The number of alkyl halides is 1. The van der Waals surface area contributed by atoms with Crippen LogP contribution in [0.4, 0.5) is 0 Å². The quantitative estimate of drug-likeness (QED) is 0.516. The number of rotatable bonds is 7. The number of nitrogens with one attached hydrogen (secondary N) is 1. The second kappa shape index (κ2) is 7.10.